The number of methoxy groups -OCH3 is 2. The Bertz CT molecular complexity index is 1200. The van der Waals surface area contributed by atoms with E-state index in [1.807, 2.05) is 0 Å². The molecular weight excluding hydrogens is 393 g/mol. The molecular formula is C21H20FN3O5. The van der Waals surface area contributed by atoms with Gasteiger partial charge in [-0.2, -0.15) is 0 Å². The van der Waals surface area contributed by atoms with E-state index in [4.69, 9.17) is 9.47 Å². The first-order chi connectivity index (χ1) is 14.4. The Morgan fingerprint density at radius 2 is 1.87 bits per heavy atom. The largest absolute Gasteiger partial charge is 0.494 e. The van der Waals surface area contributed by atoms with E-state index in [0.717, 1.165) is 16.3 Å². The van der Waals surface area contributed by atoms with E-state index < -0.39 is 22.9 Å². The second-order valence-corrected chi connectivity index (χ2v) is 6.30. The molecule has 1 aromatic heterocycles. The summed E-state index contributed by atoms with van der Waals surface area (Å²) >= 11 is 0. The van der Waals surface area contributed by atoms with Crippen LogP contribution in [0.2, 0.25) is 0 Å². The van der Waals surface area contributed by atoms with Crippen molar-refractivity contribution in [2.75, 3.05) is 14.2 Å². The van der Waals surface area contributed by atoms with Crippen LogP contribution in [0, 0.1) is 5.82 Å². The number of rotatable bonds is 7. The molecule has 0 aliphatic rings. The van der Waals surface area contributed by atoms with E-state index >= 15 is 0 Å². The predicted molar refractivity (Wildman–Crippen MR) is 110 cm³/mol. The Morgan fingerprint density at radius 1 is 1.13 bits per heavy atom. The lowest BCUT2D eigenvalue weighted by atomic mass is 10.1. The Morgan fingerprint density at radius 3 is 2.57 bits per heavy atom. The number of halogens is 1. The smallest absolute Gasteiger partial charge is 0.331 e. The van der Waals surface area contributed by atoms with Crippen molar-refractivity contribution in [3.05, 3.63) is 80.2 Å². The first kappa shape index (κ1) is 20.8. The van der Waals surface area contributed by atoms with Crippen molar-refractivity contribution in [3.63, 3.8) is 0 Å². The normalized spacial score (nSPS) is 11.0. The summed E-state index contributed by atoms with van der Waals surface area (Å²) in [7, 11) is 3.04. The van der Waals surface area contributed by atoms with Gasteiger partial charge in [-0.1, -0.05) is 18.2 Å². The fraction of sp³-hybridized carbons (Fsp3) is 0.190. The molecule has 3 aromatic rings. The van der Waals surface area contributed by atoms with E-state index in [0.29, 0.717) is 17.9 Å². The molecule has 0 spiro atoms. The van der Waals surface area contributed by atoms with Crippen LogP contribution in [-0.2, 0) is 13.0 Å². The lowest BCUT2D eigenvalue weighted by Crippen LogP contribution is -2.32. The number of para-hydroxylation sites is 1. The van der Waals surface area contributed by atoms with E-state index in [-0.39, 0.29) is 17.8 Å². The highest BCUT2D eigenvalue weighted by atomic mass is 19.1. The van der Waals surface area contributed by atoms with Crippen LogP contribution < -0.4 is 20.7 Å². The first-order valence-corrected chi connectivity index (χ1v) is 9.00. The number of H-pyrrole nitrogens is 1. The molecule has 0 saturated heterocycles. The number of benzene rings is 2. The third-order valence-corrected chi connectivity index (χ3v) is 4.46. The molecule has 0 atom stereocenters. The highest BCUT2D eigenvalue weighted by Gasteiger charge is 2.13. The lowest BCUT2D eigenvalue weighted by Gasteiger charge is -2.12. The number of aromatic nitrogens is 2. The first-order valence-electron chi connectivity index (χ1n) is 9.00. The van der Waals surface area contributed by atoms with Gasteiger partial charge in [-0.05, 0) is 36.2 Å². The number of nitrogens with one attached hydrogen (secondary N) is 1. The van der Waals surface area contributed by atoms with Gasteiger partial charge in [-0.3, -0.25) is 19.3 Å². The average molecular weight is 413 g/mol. The molecule has 3 rings (SSSR count). The molecule has 8 nitrogen and oxygen atoms in total. The summed E-state index contributed by atoms with van der Waals surface area (Å²) in [5, 5.41) is 10.5. The number of hydrogen-bond acceptors (Lipinski definition) is 6. The minimum atomic E-state index is -0.819. The van der Waals surface area contributed by atoms with Gasteiger partial charge in [0.05, 0.1) is 19.9 Å². The molecule has 0 fully saturated rings. The summed E-state index contributed by atoms with van der Waals surface area (Å²) in [6.45, 7) is 0.0808. The van der Waals surface area contributed by atoms with Crippen LogP contribution in [0.3, 0.4) is 0 Å². The third kappa shape index (κ3) is 4.40. The minimum absolute atomic E-state index is 0.000576. The van der Waals surface area contributed by atoms with E-state index in [1.165, 1.54) is 32.4 Å². The molecule has 0 aliphatic heterocycles. The Hall–Kier alpha value is -3.88. The van der Waals surface area contributed by atoms with Crippen LogP contribution in [0.25, 0.3) is 0 Å². The molecule has 2 N–H and O–H groups in total. The van der Waals surface area contributed by atoms with Crippen molar-refractivity contribution in [1.82, 2.24) is 9.55 Å². The zero-order valence-corrected chi connectivity index (χ0v) is 16.4. The van der Waals surface area contributed by atoms with Crippen molar-refractivity contribution >= 4 is 11.9 Å². The van der Waals surface area contributed by atoms with Crippen molar-refractivity contribution < 1.29 is 19.0 Å². The van der Waals surface area contributed by atoms with Crippen LogP contribution >= 0.6 is 0 Å². The molecule has 0 amide bonds. The highest BCUT2D eigenvalue weighted by molar-refractivity contribution is 5.84. The Kier molecular flexibility index (Phi) is 6.31. The van der Waals surface area contributed by atoms with E-state index in [2.05, 4.69) is 9.98 Å². The van der Waals surface area contributed by atoms with Crippen molar-refractivity contribution in [1.29, 1.82) is 0 Å². The zero-order chi connectivity index (χ0) is 21.7. The molecule has 156 valence electrons. The Balaban J connectivity index is 1.89. The highest BCUT2D eigenvalue weighted by Crippen LogP contribution is 2.28. The maximum absolute atomic E-state index is 13.7. The molecule has 0 aliphatic carbocycles. The van der Waals surface area contributed by atoms with Gasteiger partial charge in [-0.15, -0.1) is 0 Å². The number of nitrogens with zero attached hydrogens (tertiary/aromatic N) is 2. The average Bonchev–Trinajstić information content (AvgIpc) is 2.74. The summed E-state index contributed by atoms with van der Waals surface area (Å²) in [5.41, 5.74) is -1.00. The van der Waals surface area contributed by atoms with Crippen molar-refractivity contribution in [2.24, 2.45) is 4.99 Å². The summed E-state index contributed by atoms with van der Waals surface area (Å²) in [6.07, 6.45) is 1.39. The van der Waals surface area contributed by atoms with Crippen LogP contribution in [0.5, 0.6) is 17.4 Å². The number of aliphatic imine (C=N–C) groups is 1. The minimum Gasteiger partial charge on any atom is -0.494 e. The molecule has 1 heterocycles. The van der Waals surface area contributed by atoms with E-state index in [1.54, 1.807) is 24.3 Å². The predicted octanol–water partition coefficient (Wildman–Crippen LogP) is 2.39. The van der Waals surface area contributed by atoms with Gasteiger partial charge < -0.3 is 14.6 Å². The van der Waals surface area contributed by atoms with E-state index in [9.17, 15) is 19.1 Å². The van der Waals surface area contributed by atoms with Gasteiger partial charge in [-0.25, -0.2) is 9.18 Å². The third-order valence-electron chi connectivity index (χ3n) is 4.46. The second-order valence-electron chi connectivity index (χ2n) is 6.30. The van der Waals surface area contributed by atoms with Crippen LogP contribution in [-0.4, -0.2) is 35.1 Å². The van der Waals surface area contributed by atoms with Gasteiger partial charge in [0.2, 0.25) is 5.88 Å². The number of aryl methyl sites for hydroxylation is 1. The van der Waals surface area contributed by atoms with Crippen LogP contribution in [0.4, 0.5) is 10.1 Å². The summed E-state index contributed by atoms with van der Waals surface area (Å²) in [6, 6.07) is 11.0. The monoisotopic (exact) mass is 413 g/mol. The number of aromatic hydroxyl groups is 1. The standard InChI is InChI=1S/C21H20FN3O5/c1-29-17-8-7-13(11-18(17)30-2)9-10-25-20(27)14(19(26)24-21(25)28)12-23-16-6-4-3-5-15(16)22/h3-8,11-12,27H,9-10H2,1-2H3,(H,24,26,28). The SMILES string of the molecule is COc1ccc(CCn2c(O)c(C=Nc3ccccc3F)c(=O)[nH]c2=O)cc1OC. The van der Waals surface area contributed by atoms with Gasteiger partial charge in [0.1, 0.15) is 11.4 Å². The molecule has 0 radical (unpaired) electrons. The zero-order valence-electron chi connectivity index (χ0n) is 16.4. The quantitative estimate of drug-likeness (QED) is 0.579. The lowest BCUT2D eigenvalue weighted by molar-refractivity contribution is 0.354. The molecule has 0 bridgehead atoms. The van der Waals surface area contributed by atoms with Crippen molar-refractivity contribution in [2.45, 2.75) is 13.0 Å². The summed E-state index contributed by atoms with van der Waals surface area (Å²) in [5.74, 6) is -0.0292. The Labute approximate surface area is 170 Å². The summed E-state index contributed by atoms with van der Waals surface area (Å²) < 4.78 is 25.2. The molecule has 2 aromatic carbocycles. The van der Waals surface area contributed by atoms with Gasteiger partial charge in [0.15, 0.2) is 11.5 Å². The number of hydrogen-bond donors (Lipinski definition) is 2. The fourth-order valence-corrected chi connectivity index (χ4v) is 2.87. The second kappa shape index (κ2) is 9.08. The van der Waals surface area contributed by atoms with Crippen LogP contribution in [0.15, 0.2) is 57.0 Å². The fourth-order valence-electron chi connectivity index (χ4n) is 2.87. The van der Waals surface area contributed by atoms with Gasteiger partial charge >= 0.3 is 5.69 Å². The van der Waals surface area contributed by atoms with Crippen molar-refractivity contribution in [3.8, 4) is 17.4 Å². The number of ether oxygens (including phenoxy) is 2. The molecule has 0 saturated carbocycles. The van der Waals surface area contributed by atoms with Crippen LogP contribution in [0.1, 0.15) is 11.1 Å². The molecule has 30 heavy (non-hydrogen) atoms. The summed E-state index contributed by atoms with van der Waals surface area (Å²) in [4.78, 5) is 30.3. The maximum Gasteiger partial charge on any atom is 0.331 e. The maximum atomic E-state index is 13.7. The number of aromatic amines is 1. The topological polar surface area (TPSA) is 106 Å². The van der Waals surface area contributed by atoms with Gasteiger partial charge in [0.25, 0.3) is 5.56 Å². The molecule has 0 unspecified atom stereocenters. The van der Waals surface area contributed by atoms with Gasteiger partial charge in [0, 0.05) is 12.8 Å². The molecule has 9 heteroatoms.